The minimum atomic E-state index is -4.41. The van der Waals surface area contributed by atoms with E-state index >= 15 is 0 Å². The molecule has 14 heteroatoms. The second-order valence-electron chi connectivity index (χ2n) is 6.93. The highest BCUT2D eigenvalue weighted by Crippen LogP contribution is 2.37. The highest BCUT2D eigenvalue weighted by Gasteiger charge is 2.42. The van der Waals surface area contributed by atoms with Crippen LogP contribution in [0.3, 0.4) is 0 Å². The van der Waals surface area contributed by atoms with Crippen molar-refractivity contribution in [2.75, 3.05) is 11.7 Å². The Labute approximate surface area is 186 Å². The Hall–Kier alpha value is -2.73. The molecule has 1 aliphatic heterocycles. The molecule has 2 aromatic heterocycles. The Morgan fingerprint density at radius 1 is 1.25 bits per heavy atom. The van der Waals surface area contributed by atoms with Crippen LogP contribution in [0, 0.1) is 0 Å². The molecule has 0 bridgehead atoms. The Balaban J connectivity index is 1.59. The number of hydrogen-bond acceptors (Lipinski definition) is 9. The summed E-state index contributed by atoms with van der Waals surface area (Å²) in [7, 11) is -4.41. The zero-order chi connectivity index (χ0) is 22.9. The lowest BCUT2D eigenvalue weighted by Crippen LogP contribution is -2.27. The van der Waals surface area contributed by atoms with Crippen molar-refractivity contribution in [3.05, 3.63) is 59.5 Å². The predicted octanol–water partition coefficient (Wildman–Crippen LogP) is 1.34. The quantitative estimate of drug-likeness (QED) is 0.186. The van der Waals surface area contributed by atoms with Gasteiger partial charge in [0.2, 0.25) is 11.5 Å². The van der Waals surface area contributed by atoms with Gasteiger partial charge in [0.25, 0.3) is 0 Å². The predicted molar refractivity (Wildman–Crippen MR) is 112 cm³/mol. The molecule has 170 valence electrons. The largest absolute Gasteiger partial charge is 0.485 e. The van der Waals surface area contributed by atoms with Crippen molar-refractivity contribution in [3.8, 4) is 0 Å². The van der Waals surface area contributed by atoms with Crippen LogP contribution in [0.1, 0.15) is 11.8 Å². The second kappa shape index (κ2) is 9.02. The maximum absolute atomic E-state index is 10.9. The third kappa shape index (κ3) is 4.85. The molecule has 3 aromatic rings. The number of aromatic nitrogens is 4. The van der Waals surface area contributed by atoms with Gasteiger partial charge in [0.1, 0.15) is 24.8 Å². The van der Waals surface area contributed by atoms with Gasteiger partial charge in [-0.3, -0.25) is 9.13 Å². The highest BCUT2D eigenvalue weighted by molar-refractivity contribution is 7.51. The van der Waals surface area contributed by atoms with E-state index in [1.165, 1.54) is 10.9 Å². The van der Waals surface area contributed by atoms with Crippen LogP contribution in [0.15, 0.2) is 48.7 Å². The summed E-state index contributed by atoms with van der Waals surface area (Å²) in [4.78, 5) is 30.3. The summed E-state index contributed by atoms with van der Waals surface area (Å²) in [6.07, 6.45) is -2.79. The molecule has 0 amide bonds. The Morgan fingerprint density at radius 2 is 2.00 bits per heavy atom. The molecule has 12 nitrogen and oxygen atoms in total. The molecule has 0 spiro atoms. The molecule has 1 fully saturated rings. The van der Waals surface area contributed by atoms with Gasteiger partial charge >= 0.3 is 7.60 Å². The summed E-state index contributed by atoms with van der Waals surface area (Å²) >= 11 is 6.08. The normalized spacial score (nSPS) is 22.3. The Bertz CT molecular complexity index is 1190. The number of halogens is 1. The van der Waals surface area contributed by atoms with Crippen molar-refractivity contribution >= 4 is 36.2 Å². The first kappa shape index (κ1) is 22.5. The number of nitrogens with zero attached hydrogens (tertiary/aromatic N) is 4. The number of nitrogens with one attached hydrogen (secondary N) is 1. The maximum Gasteiger partial charge on any atom is 0.362 e. The average Bonchev–Trinajstić information content (AvgIpc) is 3.28. The third-order valence-corrected chi connectivity index (χ3v) is 5.23. The van der Waals surface area contributed by atoms with Gasteiger partial charge in [0.15, 0.2) is 29.1 Å². The SMILES string of the molecule is O=P(O)(O)COC=C1O[C@@H](n2cnc3c(NCc4ccccc4)nc(Cl)nc32)[C@H](O)[C@@H]1O. The van der Waals surface area contributed by atoms with Crippen molar-refractivity contribution in [1.29, 1.82) is 0 Å². The van der Waals surface area contributed by atoms with Gasteiger partial charge in [-0.05, 0) is 17.2 Å². The molecule has 3 atom stereocenters. The van der Waals surface area contributed by atoms with E-state index < -0.39 is 32.4 Å². The van der Waals surface area contributed by atoms with Gasteiger partial charge in [-0.2, -0.15) is 9.97 Å². The molecule has 4 rings (SSSR count). The molecule has 1 aromatic carbocycles. The molecular weight excluding hydrogens is 465 g/mol. The lowest BCUT2D eigenvalue weighted by Gasteiger charge is -2.16. The minimum absolute atomic E-state index is 0.0661. The smallest absolute Gasteiger partial charge is 0.362 e. The monoisotopic (exact) mass is 483 g/mol. The first-order valence-corrected chi connectivity index (χ1v) is 11.5. The highest BCUT2D eigenvalue weighted by atomic mass is 35.5. The summed E-state index contributed by atoms with van der Waals surface area (Å²) < 4.78 is 22.6. The number of imidazole rings is 1. The van der Waals surface area contributed by atoms with Gasteiger partial charge in [0, 0.05) is 6.54 Å². The first-order valence-electron chi connectivity index (χ1n) is 9.30. The van der Waals surface area contributed by atoms with Crippen LogP contribution in [-0.4, -0.2) is 58.1 Å². The number of aliphatic hydroxyl groups is 2. The van der Waals surface area contributed by atoms with E-state index in [0.717, 1.165) is 11.8 Å². The lowest BCUT2D eigenvalue weighted by molar-refractivity contribution is -0.0122. The second-order valence-corrected chi connectivity index (χ2v) is 8.85. The zero-order valence-electron chi connectivity index (χ0n) is 16.3. The number of anilines is 1. The number of fused-ring (bicyclic) bond motifs is 1. The Morgan fingerprint density at radius 3 is 2.72 bits per heavy atom. The number of benzene rings is 1. The van der Waals surface area contributed by atoms with Crippen molar-refractivity contribution < 1.29 is 34.0 Å². The molecule has 1 saturated heterocycles. The number of hydrogen-bond donors (Lipinski definition) is 5. The summed E-state index contributed by atoms with van der Waals surface area (Å²) in [5.74, 6) is 0.164. The molecule has 0 unspecified atom stereocenters. The fraction of sp³-hybridized carbons (Fsp3) is 0.278. The summed E-state index contributed by atoms with van der Waals surface area (Å²) in [6.45, 7) is 0.460. The van der Waals surface area contributed by atoms with E-state index in [1.807, 2.05) is 30.3 Å². The standard InChI is InChI=1S/C18H19ClN5O7P/c19-18-22-15(20-6-10-4-2-1-3-5-10)12-16(23-18)24(8-21-12)17-14(26)13(25)11(31-17)7-30-9-32(27,28)29/h1-5,7-8,13-14,17,25-26H,6,9H2,(H,20,22,23)(H2,27,28,29)/t13-,14-,17-/m1/s1. The van der Waals surface area contributed by atoms with E-state index in [9.17, 15) is 14.8 Å². The van der Waals surface area contributed by atoms with Crippen molar-refractivity contribution in [2.24, 2.45) is 0 Å². The number of aliphatic hydroxyl groups excluding tert-OH is 2. The average molecular weight is 484 g/mol. The molecule has 0 aliphatic carbocycles. The van der Waals surface area contributed by atoms with Crippen molar-refractivity contribution in [1.82, 2.24) is 19.5 Å². The molecule has 32 heavy (non-hydrogen) atoms. The summed E-state index contributed by atoms with van der Waals surface area (Å²) in [6, 6.07) is 9.61. The first-order chi connectivity index (χ1) is 15.2. The van der Waals surface area contributed by atoms with E-state index in [-0.39, 0.29) is 16.7 Å². The van der Waals surface area contributed by atoms with Gasteiger partial charge in [-0.1, -0.05) is 30.3 Å². The topological polar surface area (TPSA) is 172 Å². The number of rotatable bonds is 7. The molecule has 1 aliphatic rings. The van der Waals surface area contributed by atoms with Crippen LogP contribution in [0.5, 0.6) is 0 Å². The van der Waals surface area contributed by atoms with Crippen LogP contribution in [0.2, 0.25) is 5.28 Å². The summed E-state index contributed by atoms with van der Waals surface area (Å²) in [5.41, 5.74) is 1.62. The zero-order valence-corrected chi connectivity index (χ0v) is 18.0. The van der Waals surface area contributed by atoms with Gasteiger partial charge < -0.3 is 34.8 Å². The van der Waals surface area contributed by atoms with Gasteiger partial charge in [-0.15, -0.1) is 0 Å². The molecule has 0 saturated carbocycles. The fourth-order valence-electron chi connectivity index (χ4n) is 3.12. The van der Waals surface area contributed by atoms with E-state index in [1.54, 1.807) is 0 Å². The van der Waals surface area contributed by atoms with Gasteiger partial charge in [0.05, 0.1) is 0 Å². The van der Waals surface area contributed by atoms with Crippen LogP contribution < -0.4 is 5.32 Å². The van der Waals surface area contributed by atoms with Crippen molar-refractivity contribution in [3.63, 3.8) is 0 Å². The Kier molecular flexibility index (Phi) is 6.33. The third-order valence-electron chi connectivity index (χ3n) is 4.58. The lowest BCUT2D eigenvalue weighted by atomic mass is 10.2. The maximum atomic E-state index is 10.9. The van der Waals surface area contributed by atoms with Crippen LogP contribution in [0.4, 0.5) is 5.82 Å². The van der Waals surface area contributed by atoms with E-state index in [2.05, 4.69) is 20.3 Å². The minimum Gasteiger partial charge on any atom is -0.485 e. The van der Waals surface area contributed by atoms with Gasteiger partial charge in [-0.25, -0.2) is 4.98 Å². The van der Waals surface area contributed by atoms with Crippen molar-refractivity contribution in [2.45, 2.75) is 25.0 Å². The molecule has 5 N–H and O–H groups in total. The van der Waals surface area contributed by atoms with Crippen LogP contribution in [-0.2, 0) is 20.6 Å². The number of ether oxygens (including phenoxy) is 2. The fourth-order valence-corrected chi connectivity index (χ4v) is 3.55. The summed E-state index contributed by atoms with van der Waals surface area (Å²) in [5, 5.41) is 23.8. The molecular formula is C18H19ClN5O7P. The van der Waals surface area contributed by atoms with E-state index in [4.69, 9.17) is 30.9 Å². The molecule has 3 heterocycles. The van der Waals surface area contributed by atoms with E-state index in [0.29, 0.717) is 17.9 Å². The molecule has 0 radical (unpaired) electrons. The van der Waals surface area contributed by atoms with Crippen LogP contribution in [0.25, 0.3) is 11.2 Å². The van der Waals surface area contributed by atoms with Crippen LogP contribution >= 0.6 is 19.2 Å².